The van der Waals surface area contributed by atoms with E-state index in [-0.39, 0.29) is 0 Å². The Morgan fingerprint density at radius 3 is 2.80 bits per heavy atom. The summed E-state index contributed by atoms with van der Waals surface area (Å²) in [4.78, 5) is 9.04. The zero-order chi connectivity index (χ0) is 14.2. The number of aryl methyl sites for hydroxylation is 1. The fourth-order valence-corrected chi connectivity index (χ4v) is 2.59. The topological polar surface area (TPSA) is 59.1 Å². The van der Waals surface area contributed by atoms with Crippen molar-refractivity contribution >= 4 is 11.8 Å². The highest BCUT2D eigenvalue weighted by Crippen LogP contribution is 2.21. The Balaban J connectivity index is 1.89. The molecule has 2 N–H and O–H groups in total. The summed E-state index contributed by atoms with van der Waals surface area (Å²) in [5, 5.41) is 6.80. The van der Waals surface area contributed by atoms with Gasteiger partial charge in [0.1, 0.15) is 5.82 Å². The van der Waals surface area contributed by atoms with E-state index in [9.17, 15) is 0 Å². The van der Waals surface area contributed by atoms with E-state index in [1.807, 2.05) is 13.0 Å². The lowest BCUT2D eigenvalue weighted by molar-refractivity contribution is 0.198. The van der Waals surface area contributed by atoms with Gasteiger partial charge in [-0.15, -0.1) is 0 Å². The first-order valence-corrected chi connectivity index (χ1v) is 7.63. The Hall–Kier alpha value is -1.36. The van der Waals surface area contributed by atoms with Crippen molar-refractivity contribution in [1.82, 2.24) is 9.97 Å². The highest BCUT2D eigenvalue weighted by molar-refractivity contribution is 5.42. The van der Waals surface area contributed by atoms with E-state index >= 15 is 0 Å². The molecule has 0 aliphatic heterocycles. The predicted octanol–water partition coefficient (Wildman–Crippen LogP) is 2.98. The van der Waals surface area contributed by atoms with Crippen LogP contribution in [0.5, 0.6) is 0 Å². The Bertz CT molecular complexity index is 405. The fraction of sp³-hybridized carbons (Fsp3) is 0.733. The Morgan fingerprint density at radius 2 is 2.05 bits per heavy atom. The SMILES string of the molecule is COCCCNc1cc(C)nc(NC2CCCCC2)n1. The van der Waals surface area contributed by atoms with Gasteiger partial charge in [0, 0.05) is 38.1 Å². The second-order valence-corrected chi connectivity index (χ2v) is 5.47. The average Bonchev–Trinajstić information content (AvgIpc) is 2.44. The zero-order valence-corrected chi connectivity index (χ0v) is 12.6. The first-order chi connectivity index (χ1) is 9.78. The molecule has 1 aromatic rings. The van der Waals surface area contributed by atoms with E-state index < -0.39 is 0 Å². The minimum absolute atomic E-state index is 0.534. The maximum atomic E-state index is 5.04. The van der Waals surface area contributed by atoms with Gasteiger partial charge in [0.05, 0.1) is 0 Å². The molecular formula is C15H26N4O. The van der Waals surface area contributed by atoms with Crippen molar-refractivity contribution in [2.45, 2.75) is 51.5 Å². The van der Waals surface area contributed by atoms with Crippen molar-refractivity contribution in [3.05, 3.63) is 11.8 Å². The summed E-state index contributed by atoms with van der Waals surface area (Å²) in [7, 11) is 1.72. The monoisotopic (exact) mass is 278 g/mol. The van der Waals surface area contributed by atoms with Gasteiger partial charge in [-0.2, -0.15) is 4.98 Å². The van der Waals surface area contributed by atoms with Crippen molar-refractivity contribution in [3.63, 3.8) is 0 Å². The van der Waals surface area contributed by atoms with E-state index in [0.717, 1.165) is 37.0 Å². The highest BCUT2D eigenvalue weighted by Gasteiger charge is 2.14. The summed E-state index contributed by atoms with van der Waals surface area (Å²) in [6, 6.07) is 2.52. The molecule has 1 heterocycles. The number of nitrogens with one attached hydrogen (secondary N) is 2. The number of hydrogen-bond acceptors (Lipinski definition) is 5. The summed E-state index contributed by atoms with van der Waals surface area (Å²) in [6.07, 6.45) is 7.42. The highest BCUT2D eigenvalue weighted by atomic mass is 16.5. The molecular weight excluding hydrogens is 252 g/mol. The molecule has 1 aliphatic rings. The number of anilines is 2. The van der Waals surface area contributed by atoms with Crippen LogP contribution < -0.4 is 10.6 Å². The lowest BCUT2D eigenvalue weighted by Crippen LogP contribution is -2.24. The van der Waals surface area contributed by atoms with Crippen LogP contribution >= 0.6 is 0 Å². The van der Waals surface area contributed by atoms with Crippen LogP contribution in [-0.4, -0.2) is 36.3 Å². The molecule has 112 valence electrons. The zero-order valence-electron chi connectivity index (χ0n) is 12.6. The van der Waals surface area contributed by atoms with Gasteiger partial charge < -0.3 is 15.4 Å². The molecule has 0 radical (unpaired) electrons. The van der Waals surface area contributed by atoms with Crippen molar-refractivity contribution in [3.8, 4) is 0 Å². The molecule has 0 aromatic carbocycles. The molecule has 20 heavy (non-hydrogen) atoms. The van der Waals surface area contributed by atoms with Crippen LogP contribution in [0.15, 0.2) is 6.07 Å². The summed E-state index contributed by atoms with van der Waals surface area (Å²) in [6.45, 7) is 3.64. The first kappa shape index (κ1) is 15.0. The maximum absolute atomic E-state index is 5.04. The minimum Gasteiger partial charge on any atom is -0.385 e. The van der Waals surface area contributed by atoms with Crippen molar-refractivity contribution in [2.24, 2.45) is 0 Å². The van der Waals surface area contributed by atoms with E-state index in [4.69, 9.17) is 4.74 Å². The standard InChI is InChI=1S/C15H26N4O/c1-12-11-14(16-9-6-10-20-2)19-15(17-12)18-13-7-4-3-5-8-13/h11,13H,3-10H2,1-2H3,(H2,16,17,18,19). The fourth-order valence-electron chi connectivity index (χ4n) is 2.59. The van der Waals surface area contributed by atoms with Crippen molar-refractivity contribution in [1.29, 1.82) is 0 Å². The van der Waals surface area contributed by atoms with Crippen LogP contribution in [0, 0.1) is 6.92 Å². The minimum atomic E-state index is 0.534. The average molecular weight is 278 g/mol. The Labute approximate surface area is 121 Å². The van der Waals surface area contributed by atoms with Crippen molar-refractivity contribution in [2.75, 3.05) is 30.9 Å². The van der Waals surface area contributed by atoms with Gasteiger partial charge in [-0.3, -0.25) is 0 Å². The van der Waals surface area contributed by atoms with Crippen LogP contribution in [0.2, 0.25) is 0 Å². The smallest absolute Gasteiger partial charge is 0.225 e. The number of rotatable bonds is 7. The number of nitrogens with zero attached hydrogens (tertiary/aromatic N) is 2. The molecule has 0 unspecified atom stereocenters. The molecule has 5 heteroatoms. The van der Waals surface area contributed by atoms with Crippen LogP contribution in [0.3, 0.4) is 0 Å². The summed E-state index contributed by atoms with van der Waals surface area (Å²) < 4.78 is 5.04. The second kappa shape index (κ2) is 8.04. The van der Waals surface area contributed by atoms with E-state index in [1.165, 1.54) is 32.1 Å². The third-order valence-electron chi connectivity index (χ3n) is 3.62. The molecule has 1 saturated carbocycles. The maximum Gasteiger partial charge on any atom is 0.225 e. The summed E-state index contributed by atoms with van der Waals surface area (Å²) >= 11 is 0. The van der Waals surface area contributed by atoms with Gasteiger partial charge in [0.25, 0.3) is 0 Å². The van der Waals surface area contributed by atoms with Crippen LogP contribution in [0.1, 0.15) is 44.2 Å². The van der Waals surface area contributed by atoms with E-state index in [1.54, 1.807) is 7.11 Å². The molecule has 0 atom stereocenters. The first-order valence-electron chi connectivity index (χ1n) is 7.63. The second-order valence-electron chi connectivity index (χ2n) is 5.47. The molecule has 0 amide bonds. The molecule has 1 aromatic heterocycles. The number of aromatic nitrogens is 2. The number of hydrogen-bond donors (Lipinski definition) is 2. The molecule has 1 aliphatic carbocycles. The third kappa shape index (κ3) is 4.96. The van der Waals surface area contributed by atoms with Gasteiger partial charge in [0.2, 0.25) is 5.95 Å². The Morgan fingerprint density at radius 1 is 1.25 bits per heavy atom. The Kier molecular flexibility index (Phi) is 6.05. The van der Waals surface area contributed by atoms with E-state index in [0.29, 0.717) is 6.04 Å². The van der Waals surface area contributed by atoms with Gasteiger partial charge in [0.15, 0.2) is 0 Å². The van der Waals surface area contributed by atoms with Crippen LogP contribution in [0.4, 0.5) is 11.8 Å². The summed E-state index contributed by atoms with van der Waals surface area (Å²) in [5.41, 5.74) is 0.993. The van der Waals surface area contributed by atoms with E-state index in [2.05, 4.69) is 20.6 Å². The molecule has 1 fully saturated rings. The lowest BCUT2D eigenvalue weighted by Gasteiger charge is -2.23. The molecule has 0 bridgehead atoms. The van der Waals surface area contributed by atoms with Gasteiger partial charge in [-0.25, -0.2) is 4.98 Å². The van der Waals surface area contributed by atoms with Gasteiger partial charge >= 0.3 is 0 Å². The van der Waals surface area contributed by atoms with Gasteiger partial charge in [-0.05, 0) is 26.2 Å². The predicted molar refractivity (Wildman–Crippen MR) is 82.2 cm³/mol. The quantitative estimate of drug-likeness (QED) is 0.751. The normalized spacial score (nSPS) is 16.1. The molecule has 5 nitrogen and oxygen atoms in total. The number of ether oxygens (including phenoxy) is 1. The molecule has 2 rings (SSSR count). The molecule has 0 saturated heterocycles. The molecule has 0 spiro atoms. The van der Waals surface area contributed by atoms with Crippen LogP contribution in [-0.2, 0) is 4.74 Å². The lowest BCUT2D eigenvalue weighted by atomic mass is 9.96. The number of methoxy groups -OCH3 is 1. The van der Waals surface area contributed by atoms with Gasteiger partial charge in [-0.1, -0.05) is 19.3 Å². The third-order valence-corrected chi connectivity index (χ3v) is 3.62. The van der Waals surface area contributed by atoms with Crippen LogP contribution in [0.25, 0.3) is 0 Å². The van der Waals surface area contributed by atoms with Crippen molar-refractivity contribution < 1.29 is 4.74 Å². The summed E-state index contributed by atoms with van der Waals surface area (Å²) in [5.74, 6) is 1.65. The largest absolute Gasteiger partial charge is 0.385 e.